The van der Waals surface area contributed by atoms with Gasteiger partial charge in [0, 0.05) is 5.56 Å². The summed E-state index contributed by atoms with van der Waals surface area (Å²) in [5, 5.41) is 6.23. The highest BCUT2D eigenvalue weighted by Crippen LogP contribution is 2.23. The zero-order valence-corrected chi connectivity index (χ0v) is 14.6. The zero-order chi connectivity index (χ0) is 18.9. The van der Waals surface area contributed by atoms with Gasteiger partial charge in [0.25, 0.3) is 0 Å². The van der Waals surface area contributed by atoms with Gasteiger partial charge < -0.3 is 19.5 Å². The molecular weight excluding hydrogens is 338 g/mol. The minimum absolute atomic E-state index is 0.383. The number of benzene rings is 2. The van der Waals surface area contributed by atoms with Crippen molar-refractivity contribution in [3.63, 3.8) is 0 Å². The van der Waals surface area contributed by atoms with E-state index >= 15 is 0 Å². The Morgan fingerprint density at radius 2 is 1.65 bits per heavy atom. The van der Waals surface area contributed by atoms with Crippen LogP contribution in [0.5, 0.6) is 17.2 Å². The SMILES string of the molecule is COc1ccc(OC)c(/C=N\NC(=O)C(=O)Nc2ccccc2OC)c1. The first-order valence-electron chi connectivity index (χ1n) is 7.58. The first-order chi connectivity index (χ1) is 12.6. The van der Waals surface area contributed by atoms with Crippen LogP contribution < -0.4 is 25.0 Å². The van der Waals surface area contributed by atoms with E-state index in [2.05, 4.69) is 15.8 Å². The molecule has 2 aromatic carbocycles. The largest absolute Gasteiger partial charge is 0.497 e. The maximum atomic E-state index is 11.9. The van der Waals surface area contributed by atoms with Gasteiger partial charge in [-0.25, -0.2) is 5.43 Å². The molecule has 2 amide bonds. The second-order valence-electron chi connectivity index (χ2n) is 4.96. The summed E-state index contributed by atoms with van der Waals surface area (Å²) in [4.78, 5) is 23.8. The monoisotopic (exact) mass is 357 g/mol. The number of nitrogens with one attached hydrogen (secondary N) is 2. The second kappa shape index (κ2) is 9.07. The van der Waals surface area contributed by atoms with E-state index in [1.807, 2.05) is 0 Å². The molecule has 2 aromatic rings. The molecule has 136 valence electrons. The highest BCUT2D eigenvalue weighted by molar-refractivity contribution is 6.39. The molecule has 2 rings (SSSR count). The summed E-state index contributed by atoms with van der Waals surface area (Å²) < 4.78 is 15.4. The van der Waals surface area contributed by atoms with E-state index in [9.17, 15) is 9.59 Å². The standard InChI is InChI=1S/C18H19N3O5/c1-24-13-8-9-15(25-2)12(10-13)11-19-21-18(23)17(22)20-14-6-4-5-7-16(14)26-3/h4-11H,1-3H3,(H,20,22)(H,21,23)/b19-11-. The van der Waals surface area contributed by atoms with Crippen molar-refractivity contribution in [3.05, 3.63) is 48.0 Å². The fraction of sp³-hybridized carbons (Fsp3) is 0.167. The normalized spacial score (nSPS) is 10.3. The number of methoxy groups -OCH3 is 3. The average Bonchev–Trinajstić information content (AvgIpc) is 2.68. The number of hydrogen-bond donors (Lipinski definition) is 2. The van der Waals surface area contributed by atoms with Crippen molar-refractivity contribution in [3.8, 4) is 17.2 Å². The molecule has 0 atom stereocenters. The van der Waals surface area contributed by atoms with E-state index in [0.29, 0.717) is 28.5 Å². The maximum Gasteiger partial charge on any atom is 0.329 e. The molecule has 0 heterocycles. The van der Waals surface area contributed by atoms with Gasteiger partial charge in [-0.15, -0.1) is 0 Å². The molecule has 0 bridgehead atoms. The summed E-state index contributed by atoms with van der Waals surface area (Å²) in [7, 11) is 4.52. The van der Waals surface area contributed by atoms with E-state index in [-0.39, 0.29) is 0 Å². The van der Waals surface area contributed by atoms with Crippen molar-refractivity contribution in [1.29, 1.82) is 0 Å². The lowest BCUT2D eigenvalue weighted by molar-refractivity contribution is -0.136. The Hall–Kier alpha value is -3.55. The smallest absolute Gasteiger partial charge is 0.329 e. The third-order valence-electron chi connectivity index (χ3n) is 3.37. The molecular formula is C18H19N3O5. The molecule has 0 saturated heterocycles. The predicted molar refractivity (Wildman–Crippen MR) is 96.9 cm³/mol. The van der Waals surface area contributed by atoms with Gasteiger partial charge in [0.05, 0.1) is 33.2 Å². The number of hydrazone groups is 1. The number of carbonyl (C=O) groups is 2. The first kappa shape index (κ1) is 18.8. The molecule has 0 saturated carbocycles. The van der Waals surface area contributed by atoms with Crippen LogP contribution in [-0.4, -0.2) is 39.4 Å². The molecule has 0 aromatic heterocycles. The van der Waals surface area contributed by atoms with Crippen molar-refractivity contribution in [2.45, 2.75) is 0 Å². The quantitative estimate of drug-likeness (QED) is 0.467. The molecule has 0 radical (unpaired) electrons. The van der Waals surface area contributed by atoms with Crippen LogP contribution >= 0.6 is 0 Å². The predicted octanol–water partition coefficient (Wildman–Crippen LogP) is 1.80. The van der Waals surface area contributed by atoms with E-state index in [1.54, 1.807) is 42.5 Å². The minimum Gasteiger partial charge on any atom is -0.497 e. The van der Waals surface area contributed by atoms with Gasteiger partial charge in [-0.2, -0.15) is 5.10 Å². The zero-order valence-electron chi connectivity index (χ0n) is 14.6. The summed E-state index contributed by atoms with van der Waals surface area (Å²) >= 11 is 0. The average molecular weight is 357 g/mol. The van der Waals surface area contributed by atoms with Crippen LogP contribution in [0.25, 0.3) is 0 Å². The van der Waals surface area contributed by atoms with Gasteiger partial charge in [0.1, 0.15) is 17.2 Å². The first-order valence-corrected chi connectivity index (χ1v) is 7.58. The lowest BCUT2D eigenvalue weighted by Crippen LogP contribution is -2.32. The summed E-state index contributed by atoms with van der Waals surface area (Å²) in [6, 6.07) is 11.9. The highest BCUT2D eigenvalue weighted by Gasteiger charge is 2.15. The molecule has 0 unspecified atom stereocenters. The third kappa shape index (κ3) is 4.73. The Morgan fingerprint density at radius 3 is 2.35 bits per heavy atom. The molecule has 8 heteroatoms. The fourth-order valence-electron chi connectivity index (χ4n) is 2.08. The summed E-state index contributed by atoms with van der Waals surface area (Å²) in [5.41, 5.74) is 3.12. The lowest BCUT2D eigenvalue weighted by Gasteiger charge is -2.09. The Bertz CT molecular complexity index is 820. The van der Waals surface area contributed by atoms with E-state index in [4.69, 9.17) is 14.2 Å². The Morgan fingerprint density at radius 1 is 0.923 bits per heavy atom. The topological polar surface area (TPSA) is 98.3 Å². The van der Waals surface area contributed by atoms with Crippen LogP contribution in [0.2, 0.25) is 0 Å². The van der Waals surface area contributed by atoms with E-state index in [0.717, 1.165) is 0 Å². The number of nitrogens with zero attached hydrogens (tertiary/aromatic N) is 1. The Labute approximate surface area is 150 Å². The van der Waals surface area contributed by atoms with Crippen LogP contribution in [0, 0.1) is 0 Å². The van der Waals surface area contributed by atoms with Crippen molar-refractivity contribution < 1.29 is 23.8 Å². The molecule has 0 aliphatic rings. The number of para-hydroxylation sites is 2. The van der Waals surface area contributed by atoms with Gasteiger partial charge in [0.2, 0.25) is 0 Å². The van der Waals surface area contributed by atoms with E-state index < -0.39 is 11.8 Å². The number of ether oxygens (including phenoxy) is 3. The molecule has 8 nitrogen and oxygen atoms in total. The van der Waals surface area contributed by atoms with Crippen molar-refractivity contribution in [1.82, 2.24) is 5.43 Å². The number of hydrogen-bond acceptors (Lipinski definition) is 6. The molecule has 0 spiro atoms. The number of anilines is 1. The van der Waals surface area contributed by atoms with Crippen LogP contribution in [-0.2, 0) is 9.59 Å². The van der Waals surface area contributed by atoms with Crippen molar-refractivity contribution in [2.24, 2.45) is 5.10 Å². The van der Waals surface area contributed by atoms with Gasteiger partial charge in [0.15, 0.2) is 0 Å². The molecule has 0 fully saturated rings. The van der Waals surface area contributed by atoms with Crippen LogP contribution in [0.1, 0.15) is 5.56 Å². The maximum absolute atomic E-state index is 11.9. The third-order valence-corrected chi connectivity index (χ3v) is 3.37. The number of carbonyl (C=O) groups excluding carboxylic acids is 2. The van der Waals surface area contributed by atoms with E-state index in [1.165, 1.54) is 27.5 Å². The van der Waals surface area contributed by atoms with Crippen molar-refractivity contribution in [2.75, 3.05) is 26.6 Å². The lowest BCUT2D eigenvalue weighted by atomic mass is 10.2. The molecule has 26 heavy (non-hydrogen) atoms. The van der Waals surface area contributed by atoms with Crippen LogP contribution in [0.4, 0.5) is 5.69 Å². The Balaban J connectivity index is 2.01. The van der Waals surface area contributed by atoms with Gasteiger partial charge in [-0.1, -0.05) is 12.1 Å². The minimum atomic E-state index is -0.922. The van der Waals surface area contributed by atoms with Crippen molar-refractivity contribution >= 4 is 23.7 Å². The number of amides is 2. The summed E-state index contributed by atoms with van der Waals surface area (Å²) in [6.45, 7) is 0. The van der Waals surface area contributed by atoms with Gasteiger partial charge >= 0.3 is 11.8 Å². The van der Waals surface area contributed by atoms with Gasteiger partial charge in [-0.05, 0) is 30.3 Å². The second-order valence-corrected chi connectivity index (χ2v) is 4.96. The molecule has 2 N–H and O–H groups in total. The summed E-state index contributed by atoms with van der Waals surface area (Å²) in [5.74, 6) is -0.202. The molecule has 0 aliphatic heterocycles. The highest BCUT2D eigenvalue weighted by atomic mass is 16.5. The fourth-order valence-corrected chi connectivity index (χ4v) is 2.08. The number of rotatable bonds is 6. The van der Waals surface area contributed by atoms with Gasteiger partial charge in [-0.3, -0.25) is 9.59 Å². The summed E-state index contributed by atoms with van der Waals surface area (Å²) in [6.07, 6.45) is 1.36. The van der Waals surface area contributed by atoms with Crippen LogP contribution in [0.15, 0.2) is 47.6 Å². The van der Waals surface area contributed by atoms with Crippen LogP contribution in [0.3, 0.4) is 0 Å². The Kier molecular flexibility index (Phi) is 6.55. The molecule has 0 aliphatic carbocycles.